The minimum atomic E-state index is -0.494. The fourth-order valence-corrected chi connectivity index (χ4v) is 4.40. The molecule has 0 unspecified atom stereocenters. The number of aromatic nitrogens is 4. The van der Waals surface area contributed by atoms with Crippen molar-refractivity contribution in [2.24, 2.45) is 0 Å². The number of nitrogens with zero attached hydrogens (tertiary/aromatic N) is 5. The number of quaternary nitrogens is 1. The van der Waals surface area contributed by atoms with E-state index in [1.807, 2.05) is 53.2 Å². The number of ether oxygens (including phenoxy) is 1. The summed E-state index contributed by atoms with van der Waals surface area (Å²) in [6.07, 6.45) is 1.16. The standard InChI is InChI=1S/C25H36ClN8O3.2ClH/c1-6-32-18-11-10-17(37-12-8-9-16(35)15-34(3,4)5)13-19(18)33(7-2)20(32)14-29-25(36)21-23(27)31-24(28)22(26)30-21;;/h10-11,13H,6-9,12,14-15H2,1-5H3,(H4-,27,28,29,31,36);2*1H/q+1;;/p-1. The third kappa shape index (κ3) is 8.56. The Bertz CT molecular complexity index is 1310. The first-order valence-corrected chi connectivity index (χ1v) is 12.7. The van der Waals surface area contributed by atoms with Gasteiger partial charge in [0.15, 0.2) is 39.3 Å². The van der Waals surface area contributed by atoms with Crippen LogP contribution in [-0.4, -0.2) is 65.0 Å². The Kier molecular flexibility index (Phi) is 12.7. The van der Waals surface area contributed by atoms with Crippen LogP contribution in [0.3, 0.4) is 0 Å². The molecular weight excluding hydrogens is 567 g/mol. The van der Waals surface area contributed by atoms with Crippen molar-refractivity contribution in [2.45, 2.75) is 46.3 Å². The lowest BCUT2D eigenvalue weighted by Crippen LogP contribution is -3.00. The number of rotatable bonds is 12. The van der Waals surface area contributed by atoms with Crippen molar-refractivity contribution in [1.82, 2.24) is 19.9 Å². The van der Waals surface area contributed by atoms with E-state index in [-0.39, 0.29) is 59.6 Å². The molecule has 3 rings (SSSR count). The molecule has 0 atom stereocenters. The van der Waals surface area contributed by atoms with Crippen molar-refractivity contribution in [3.05, 3.63) is 34.9 Å². The molecule has 216 valence electrons. The van der Waals surface area contributed by atoms with E-state index in [4.69, 9.17) is 27.8 Å². The lowest BCUT2D eigenvalue weighted by molar-refractivity contribution is -0.862. The van der Waals surface area contributed by atoms with Gasteiger partial charge in [-0.05, 0) is 32.4 Å². The number of carbonyl (C=O) groups excluding carboxylic acids is 2. The molecule has 0 fully saturated rings. The molecule has 1 aromatic carbocycles. The Hall–Kier alpha value is -2.86. The van der Waals surface area contributed by atoms with Gasteiger partial charge in [0.2, 0.25) is 0 Å². The first kappa shape index (κ1) is 34.2. The molecular formula is C25H37Cl3N8O3. The second-order valence-corrected chi connectivity index (χ2v) is 10.2. The largest absolute Gasteiger partial charge is 1.00 e. The first-order chi connectivity index (χ1) is 17.4. The van der Waals surface area contributed by atoms with Crippen LogP contribution in [0.4, 0.5) is 11.6 Å². The molecule has 1 amide bonds. The number of amides is 1. The van der Waals surface area contributed by atoms with Gasteiger partial charge in [-0.2, -0.15) is 0 Å². The highest BCUT2D eigenvalue weighted by Gasteiger charge is 2.25. The summed E-state index contributed by atoms with van der Waals surface area (Å²) in [5.74, 6) is 1.27. The number of Topliss-reactive ketones (excluding diaryl/α,β-unsaturated/α-hetero) is 1. The van der Waals surface area contributed by atoms with Gasteiger partial charge in [0.25, 0.3) is 11.7 Å². The number of aryl methyl sites for hydroxylation is 2. The number of nitrogen functional groups attached to an aromatic ring is 2. The van der Waals surface area contributed by atoms with E-state index in [2.05, 4.69) is 24.4 Å². The van der Waals surface area contributed by atoms with E-state index < -0.39 is 5.91 Å². The van der Waals surface area contributed by atoms with Crippen LogP contribution < -0.4 is 50.9 Å². The van der Waals surface area contributed by atoms with Gasteiger partial charge >= 0.3 is 0 Å². The molecule has 2 heterocycles. The SMILES string of the molecule is CCn1c(CNC(=O)c2nc(Cl)c(N)nc2N)[n+](CC)c2ccc(OCCCC(=O)C[N+](C)(C)C)cc21.[Cl-].[Cl-]. The molecule has 0 aliphatic heterocycles. The van der Waals surface area contributed by atoms with Gasteiger partial charge in [-0.15, -0.1) is 0 Å². The highest BCUT2D eigenvalue weighted by atomic mass is 35.5. The molecule has 0 bridgehead atoms. The lowest BCUT2D eigenvalue weighted by atomic mass is 10.2. The van der Waals surface area contributed by atoms with Crippen molar-refractivity contribution in [2.75, 3.05) is 45.8 Å². The Balaban J connectivity index is 0.00000380. The van der Waals surface area contributed by atoms with Gasteiger partial charge in [-0.1, -0.05) is 11.6 Å². The van der Waals surface area contributed by atoms with E-state index in [0.29, 0.717) is 43.6 Å². The number of likely N-dealkylation sites (N-methyl/N-ethyl adjacent to an activating group) is 1. The van der Waals surface area contributed by atoms with Crippen LogP contribution >= 0.6 is 11.6 Å². The third-order valence-corrected chi connectivity index (χ3v) is 6.11. The van der Waals surface area contributed by atoms with Crippen LogP contribution in [0.5, 0.6) is 5.75 Å². The van der Waals surface area contributed by atoms with Gasteiger partial charge < -0.3 is 50.8 Å². The fraction of sp³-hybridized carbons (Fsp3) is 0.480. The summed E-state index contributed by atoms with van der Waals surface area (Å²) < 4.78 is 10.9. The zero-order chi connectivity index (χ0) is 27.3. The number of ketones is 1. The van der Waals surface area contributed by atoms with E-state index in [9.17, 15) is 9.59 Å². The van der Waals surface area contributed by atoms with Gasteiger partial charge in [-0.3, -0.25) is 9.59 Å². The number of hydrogen-bond acceptors (Lipinski definition) is 7. The summed E-state index contributed by atoms with van der Waals surface area (Å²) in [6, 6.07) is 5.93. The highest BCUT2D eigenvalue weighted by molar-refractivity contribution is 6.31. The highest BCUT2D eigenvalue weighted by Crippen LogP contribution is 2.22. The summed E-state index contributed by atoms with van der Waals surface area (Å²) >= 11 is 5.93. The summed E-state index contributed by atoms with van der Waals surface area (Å²) in [5, 5.41) is 2.80. The number of imidazole rings is 1. The summed E-state index contributed by atoms with van der Waals surface area (Å²) in [6.45, 7) is 6.70. The second kappa shape index (κ2) is 14.5. The molecule has 2 aromatic heterocycles. The molecule has 0 aliphatic rings. The zero-order valence-electron chi connectivity index (χ0n) is 22.9. The van der Waals surface area contributed by atoms with E-state index in [1.165, 1.54) is 0 Å². The summed E-state index contributed by atoms with van der Waals surface area (Å²) in [4.78, 5) is 32.8. The van der Waals surface area contributed by atoms with Crippen molar-refractivity contribution >= 4 is 46.0 Å². The Labute approximate surface area is 246 Å². The predicted octanol–water partition coefficient (Wildman–Crippen LogP) is -4.05. The molecule has 0 radical (unpaired) electrons. The van der Waals surface area contributed by atoms with Crippen molar-refractivity contribution in [1.29, 1.82) is 0 Å². The lowest BCUT2D eigenvalue weighted by Gasteiger charge is -2.22. The third-order valence-electron chi connectivity index (χ3n) is 5.83. The van der Waals surface area contributed by atoms with Crippen molar-refractivity contribution < 1.29 is 48.2 Å². The molecule has 0 saturated heterocycles. The van der Waals surface area contributed by atoms with E-state index in [1.54, 1.807) is 0 Å². The number of hydrogen-bond donors (Lipinski definition) is 3. The number of nitrogens with one attached hydrogen (secondary N) is 1. The molecule has 39 heavy (non-hydrogen) atoms. The molecule has 11 nitrogen and oxygen atoms in total. The molecule has 0 spiro atoms. The number of benzene rings is 1. The average molecular weight is 604 g/mol. The van der Waals surface area contributed by atoms with Crippen LogP contribution in [0.15, 0.2) is 18.2 Å². The van der Waals surface area contributed by atoms with Crippen LogP contribution in [0.25, 0.3) is 11.0 Å². The Morgan fingerprint density at radius 2 is 1.82 bits per heavy atom. The van der Waals surface area contributed by atoms with Crippen LogP contribution in [0, 0.1) is 0 Å². The second-order valence-electron chi connectivity index (χ2n) is 9.81. The van der Waals surface area contributed by atoms with Crippen LogP contribution in [-0.2, 0) is 24.4 Å². The maximum Gasteiger partial charge on any atom is 0.277 e. The topological polar surface area (TPSA) is 142 Å². The number of carbonyl (C=O) groups is 2. The quantitative estimate of drug-likeness (QED) is 0.109. The van der Waals surface area contributed by atoms with Gasteiger partial charge in [-0.25, -0.2) is 19.1 Å². The molecule has 0 saturated carbocycles. The predicted molar refractivity (Wildman–Crippen MR) is 143 cm³/mol. The maximum absolute atomic E-state index is 12.8. The Morgan fingerprint density at radius 1 is 1.13 bits per heavy atom. The fourth-order valence-electron chi connectivity index (χ4n) is 4.28. The van der Waals surface area contributed by atoms with E-state index in [0.717, 1.165) is 22.6 Å². The average Bonchev–Trinajstić information content (AvgIpc) is 3.13. The van der Waals surface area contributed by atoms with Gasteiger partial charge in [0, 0.05) is 12.5 Å². The van der Waals surface area contributed by atoms with Crippen molar-refractivity contribution in [3.63, 3.8) is 0 Å². The van der Waals surface area contributed by atoms with Gasteiger partial charge in [0.1, 0.15) is 18.8 Å². The first-order valence-electron chi connectivity index (χ1n) is 12.3. The smallest absolute Gasteiger partial charge is 0.277 e. The minimum absolute atomic E-state index is 0. The van der Waals surface area contributed by atoms with E-state index >= 15 is 0 Å². The normalized spacial score (nSPS) is 11.0. The Morgan fingerprint density at radius 3 is 2.44 bits per heavy atom. The minimum Gasteiger partial charge on any atom is -1.00 e. The molecule has 5 N–H and O–H groups in total. The monoisotopic (exact) mass is 602 g/mol. The molecule has 14 heteroatoms. The maximum atomic E-state index is 12.8. The number of anilines is 2. The molecule has 0 aliphatic carbocycles. The van der Waals surface area contributed by atoms with Crippen LogP contribution in [0.1, 0.15) is 43.0 Å². The summed E-state index contributed by atoms with van der Waals surface area (Å²) in [5.41, 5.74) is 13.4. The number of halogens is 3. The van der Waals surface area contributed by atoms with Crippen LogP contribution in [0.2, 0.25) is 5.15 Å². The zero-order valence-corrected chi connectivity index (χ0v) is 25.2. The van der Waals surface area contributed by atoms with Gasteiger partial charge in [0.05, 0.1) is 40.8 Å². The van der Waals surface area contributed by atoms with Crippen molar-refractivity contribution in [3.8, 4) is 5.75 Å². The summed E-state index contributed by atoms with van der Waals surface area (Å²) in [7, 11) is 6.02. The number of nitrogens with two attached hydrogens (primary N) is 2. The molecule has 3 aromatic rings. The number of fused-ring (bicyclic) bond motifs is 1.